The Balaban J connectivity index is 1.81. The molecule has 0 saturated heterocycles. The molecular weight excluding hydrogens is 278 g/mol. The predicted octanol–water partition coefficient (Wildman–Crippen LogP) is 4.77. The minimum atomic E-state index is 0.911. The molecule has 2 aromatic carbocycles. The van der Waals surface area contributed by atoms with Gasteiger partial charge in [0, 0.05) is 22.6 Å². The topological polar surface area (TPSA) is 16.1 Å². The van der Waals surface area contributed by atoms with E-state index < -0.39 is 0 Å². The van der Waals surface area contributed by atoms with Crippen LogP contribution in [0.15, 0.2) is 76.2 Å². The minimum absolute atomic E-state index is 0.911. The summed E-state index contributed by atoms with van der Waals surface area (Å²) in [5, 5.41) is 0. The lowest BCUT2D eigenvalue weighted by molar-refractivity contribution is -0.411. The fraction of sp³-hybridized carbons (Fsp3) is 0.0556. The summed E-state index contributed by atoms with van der Waals surface area (Å²) >= 11 is 1.85. The second kappa shape index (κ2) is 5.26. The van der Waals surface area contributed by atoms with Crippen LogP contribution in [0, 0.1) is 0 Å². The van der Waals surface area contributed by atoms with E-state index >= 15 is 0 Å². The predicted molar refractivity (Wildman–Crippen MR) is 86.4 cm³/mol. The van der Waals surface area contributed by atoms with Gasteiger partial charge in [-0.1, -0.05) is 42.1 Å². The van der Waals surface area contributed by atoms with Crippen LogP contribution in [-0.2, 0) is 0 Å². The van der Waals surface area contributed by atoms with Crippen molar-refractivity contribution in [2.24, 2.45) is 0 Å². The summed E-state index contributed by atoms with van der Waals surface area (Å²) in [5.41, 5.74) is 3.63. The Morgan fingerprint density at radius 1 is 0.905 bits per heavy atom. The zero-order valence-corrected chi connectivity index (χ0v) is 12.2. The number of benzene rings is 2. The number of para-hydroxylation sites is 1. The van der Waals surface area contributed by atoms with Gasteiger partial charge < -0.3 is 4.42 Å². The molecule has 0 saturated carbocycles. The molecule has 2 nitrogen and oxygen atoms in total. The zero-order chi connectivity index (χ0) is 14.1. The van der Waals surface area contributed by atoms with Crippen molar-refractivity contribution in [3.8, 4) is 11.3 Å². The summed E-state index contributed by atoms with van der Waals surface area (Å²) in [5.74, 6) is 1.84. The molecule has 0 fully saturated rings. The van der Waals surface area contributed by atoms with Crippen LogP contribution < -0.4 is 0 Å². The SMILES string of the molecule is C1=[N+](c2ccccc2)CSc2c1cccc2-c1ccco1. The van der Waals surface area contributed by atoms with Crippen molar-refractivity contribution in [1.29, 1.82) is 0 Å². The lowest BCUT2D eigenvalue weighted by Crippen LogP contribution is -2.12. The number of nitrogens with zero attached hydrogens (tertiary/aromatic N) is 1. The van der Waals surface area contributed by atoms with Crippen LogP contribution in [0.25, 0.3) is 11.3 Å². The summed E-state index contributed by atoms with van der Waals surface area (Å²) < 4.78 is 7.83. The third-order valence-electron chi connectivity index (χ3n) is 3.56. The summed E-state index contributed by atoms with van der Waals surface area (Å²) in [7, 11) is 0. The number of rotatable bonds is 2. The van der Waals surface area contributed by atoms with Crippen LogP contribution in [0.2, 0.25) is 0 Å². The zero-order valence-electron chi connectivity index (χ0n) is 11.4. The van der Waals surface area contributed by atoms with Gasteiger partial charge in [0.05, 0.1) is 11.8 Å². The first-order chi connectivity index (χ1) is 10.4. The molecule has 0 unspecified atom stereocenters. The van der Waals surface area contributed by atoms with Crippen LogP contribution in [-0.4, -0.2) is 16.7 Å². The van der Waals surface area contributed by atoms with Crippen molar-refractivity contribution in [1.82, 2.24) is 0 Å². The van der Waals surface area contributed by atoms with Crippen molar-refractivity contribution in [2.45, 2.75) is 4.90 Å². The molecule has 4 rings (SSSR count). The standard InChI is InChI=1S/C18H14NOS/c1-2-7-15(8-3-1)19-12-14-6-4-9-16(18(14)21-13-19)17-10-5-11-20-17/h1-12H,13H2/q+1. The molecule has 3 heteroatoms. The molecule has 0 N–H and O–H groups in total. The Morgan fingerprint density at radius 3 is 2.62 bits per heavy atom. The van der Waals surface area contributed by atoms with E-state index in [1.54, 1.807) is 6.26 Å². The average molecular weight is 292 g/mol. The van der Waals surface area contributed by atoms with Gasteiger partial charge in [-0.25, -0.2) is 0 Å². The average Bonchev–Trinajstić information content (AvgIpc) is 3.09. The van der Waals surface area contributed by atoms with Crippen LogP contribution in [0.1, 0.15) is 5.56 Å². The molecule has 1 aliphatic rings. The molecule has 0 atom stereocenters. The van der Waals surface area contributed by atoms with E-state index in [0.717, 1.165) is 11.6 Å². The van der Waals surface area contributed by atoms with Gasteiger partial charge in [0.2, 0.25) is 5.69 Å². The summed E-state index contributed by atoms with van der Waals surface area (Å²) in [6.07, 6.45) is 3.94. The molecule has 0 bridgehead atoms. The van der Waals surface area contributed by atoms with Crippen molar-refractivity contribution in [3.63, 3.8) is 0 Å². The first-order valence-electron chi connectivity index (χ1n) is 6.88. The van der Waals surface area contributed by atoms with Crippen LogP contribution in [0.5, 0.6) is 0 Å². The van der Waals surface area contributed by atoms with Crippen LogP contribution >= 0.6 is 11.8 Å². The van der Waals surface area contributed by atoms with Gasteiger partial charge in [-0.05, 0) is 18.2 Å². The van der Waals surface area contributed by atoms with Gasteiger partial charge in [-0.2, -0.15) is 4.58 Å². The Hall–Kier alpha value is -2.26. The number of hydrogen-bond acceptors (Lipinski definition) is 2. The normalized spacial score (nSPS) is 13.6. The first kappa shape index (κ1) is 12.5. The maximum Gasteiger partial charge on any atom is 0.205 e. The van der Waals surface area contributed by atoms with Crippen molar-refractivity contribution in [3.05, 3.63) is 72.5 Å². The Labute approximate surface area is 127 Å². The molecule has 102 valence electrons. The summed E-state index contributed by atoms with van der Waals surface area (Å²) in [4.78, 5) is 1.29. The highest BCUT2D eigenvalue weighted by Crippen LogP contribution is 2.36. The summed E-state index contributed by atoms with van der Waals surface area (Å²) in [6, 6.07) is 20.8. The molecule has 21 heavy (non-hydrogen) atoms. The van der Waals surface area contributed by atoms with E-state index in [9.17, 15) is 0 Å². The van der Waals surface area contributed by atoms with Gasteiger partial charge in [0.25, 0.3) is 0 Å². The largest absolute Gasteiger partial charge is 0.464 e. The maximum atomic E-state index is 5.56. The van der Waals surface area contributed by atoms with Gasteiger partial charge in [-0.15, -0.1) is 0 Å². The summed E-state index contributed by atoms with van der Waals surface area (Å²) in [6.45, 7) is 0. The van der Waals surface area contributed by atoms with Gasteiger partial charge in [0.1, 0.15) is 5.76 Å². The maximum absolute atomic E-state index is 5.56. The highest BCUT2D eigenvalue weighted by molar-refractivity contribution is 7.99. The molecule has 0 amide bonds. The van der Waals surface area contributed by atoms with E-state index in [1.807, 2.05) is 30.0 Å². The van der Waals surface area contributed by atoms with Gasteiger partial charge in [-0.3, -0.25) is 0 Å². The van der Waals surface area contributed by atoms with Crippen molar-refractivity contribution >= 4 is 23.7 Å². The highest BCUT2D eigenvalue weighted by Gasteiger charge is 2.22. The van der Waals surface area contributed by atoms with E-state index in [4.69, 9.17) is 4.42 Å². The second-order valence-electron chi connectivity index (χ2n) is 4.91. The molecule has 2 heterocycles. The Kier molecular flexibility index (Phi) is 3.13. The lowest BCUT2D eigenvalue weighted by atomic mass is 10.1. The minimum Gasteiger partial charge on any atom is -0.464 e. The van der Waals surface area contributed by atoms with Gasteiger partial charge >= 0.3 is 0 Å². The number of fused-ring (bicyclic) bond motifs is 1. The highest BCUT2D eigenvalue weighted by atomic mass is 32.2. The molecule has 0 spiro atoms. The number of furan rings is 1. The monoisotopic (exact) mass is 292 g/mol. The number of hydrogen-bond donors (Lipinski definition) is 0. The smallest absolute Gasteiger partial charge is 0.205 e. The Morgan fingerprint density at radius 2 is 1.81 bits per heavy atom. The third-order valence-corrected chi connectivity index (χ3v) is 4.71. The quantitative estimate of drug-likeness (QED) is 0.632. The lowest BCUT2D eigenvalue weighted by Gasteiger charge is -2.14. The van der Waals surface area contributed by atoms with E-state index in [-0.39, 0.29) is 0 Å². The molecule has 3 aromatic rings. The molecule has 1 aliphatic heterocycles. The van der Waals surface area contributed by atoms with E-state index in [2.05, 4.69) is 53.3 Å². The molecule has 0 radical (unpaired) electrons. The third kappa shape index (κ3) is 2.30. The van der Waals surface area contributed by atoms with E-state index in [1.165, 1.54) is 21.7 Å². The Bertz CT molecular complexity index is 791. The van der Waals surface area contributed by atoms with Crippen molar-refractivity contribution in [2.75, 3.05) is 5.88 Å². The number of thioether (sulfide) groups is 1. The fourth-order valence-electron chi connectivity index (χ4n) is 2.55. The van der Waals surface area contributed by atoms with Crippen LogP contribution in [0.4, 0.5) is 5.69 Å². The first-order valence-corrected chi connectivity index (χ1v) is 7.86. The molecular formula is C18H14NOS+. The second-order valence-corrected chi connectivity index (χ2v) is 5.86. The van der Waals surface area contributed by atoms with Gasteiger partial charge in [0.15, 0.2) is 12.1 Å². The van der Waals surface area contributed by atoms with Crippen molar-refractivity contribution < 1.29 is 8.99 Å². The molecule has 0 aliphatic carbocycles. The molecule has 1 aromatic heterocycles. The fourth-order valence-corrected chi connectivity index (χ4v) is 3.65. The van der Waals surface area contributed by atoms with Crippen LogP contribution in [0.3, 0.4) is 0 Å². The van der Waals surface area contributed by atoms with E-state index in [0.29, 0.717) is 0 Å².